The Morgan fingerprint density at radius 1 is 1.00 bits per heavy atom. The molecule has 1 aliphatic heterocycles. The highest BCUT2D eigenvalue weighted by atomic mass is 35.5. The number of hydrogen-bond acceptors (Lipinski definition) is 8. The SMILES string of the molecule is CNCc1cccc(Cl)c1.CS.O=Cc1cc(CCc2ccc(N3CCN(SNCC(=O)O)CC3)cc2)ccc1F.S. The second kappa shape index (κ2) is 21.4. The Kier molecular flexibility index (Phi) is 19.3. The molecule has 3 aromatic rings. The molecule has 1 fully saturated rings. The van der Waals surface area contributed by atoms with Gasteiger partial charge in [-0.05, 0) is 79.2 Å². The van der Waals surface area contributed by atoms with Gasteiger partial charge in [0.1, 0.15) is 12.4 Å². The summed E-state index contributed by atoms with van der Waals surface area (Å²) in [7, 11) is 1.92. The lowest BCUT2D eigenvalue weighted by atomic mass is 10.0. The van der Waals surface area contributed by atoms with Crippen molar-refractivity contribution >= 4 is 67.8 Å². The van der Waals surface area contributed by atoms with E-state index in [1.165, 1.54) is 35.0 Å². The van der Waals surface area contributed by atoms with E-state index in [2.05, 4.69) is 56.1 Å². The highest BCUT2D eigenvalue weighted by Gasteiger charge is 2.18. The van der Waals surface area contributed by atoms with E-state index in [1.54, 1.807) is 18.4 Å². The number of aliphatic carboxylic acids is 1. The maximum Gasteiger partial charge on any atom is 0.318 e. The summed E-state index contributed by atoms with van der Waals surface area (Å²) in [4.78, 5) is 23.7. The minimum atomic E-state index is -0.861. The zero-order chi connectivity index (χ0) is 30.0. The molecule has 0 radical (unpaired) electrons. The fourth-order valence-corrected chi connectivity index (χ4v) is 5.00. The van der Waals surface area contributed by atoms with Crippen LogP contribution >= 0.6 is 49.9 Å². The number of rotatable bonds is 11. The van der Waals surface area contributed by atoms with E-state index >= 15 is 0 Å². The summed E-state index contributed by atoms with van der Waals surface area (Å²) in [5.74, 6) is -1.34. The molecule has 0 aromatic heterocycles. The summed E-state index contributed by atoms with van der Waals surface area (Å²) in [6.45, 7) is 4.28. The van der Waals surface area contributed by atoms with Gasteiger partial charge in [-0.3, -0.25) is 9.59 Å². The third-order valence-electron chi connectivity index (χ3n) is 6.12. The van der Waals surface area contributed by atoms with E-state index in [0.717, 1.165) is 56.2 Å². The number of hydrogen-bond donors (Lipinski definition) is 4. The Morgan fingerprint density at radius 2 is 1.64 bits per heavy atom. The Hall–Kier alpha value is -2.25. The topological polar surface area (TPSA) is 84.9 Å². The molecule has 0 amide bonds. The van der Waals surface area contributed by atoms with Crippen LogP contribution in [0.5, 0.6) is 0 Å². The second-order valence-corrected chi connectivity index (χ2v) is 10.4. The van der Waals surface area contributed by atoms with Gasteiger partial charge in [0.25, 0.3) is 0 Å². The number of thiol groups is 1. The van der Waals surface area contributed by atoms with Crippen LogP contribution in [0.2, 0.25) is 5.02 Å². The van der Waals surface area contributed by atoms with Crippen molar-refractivity contribution in [1.29, 1.82) is 0 Å². The predicted molar refractivity (Wildman–Crippen MR) is 182 cm³/mol. The quantitative estimate of drug-likeness (QED) is 0.123. The van der Waals surface area contributed by atoms with Crippen molar-refractivity contribution in [3.63, 3.8) is 0 Å². The van der Waals surface area contributed by atoms with Crippen molar-refractivity contribution in [2.45, 2.75) is 19.4 Å². The standard InChI is InChI=1S/C21H24FN3O3S.C8H10ClN.CH4S.H2S/c22-20-8-5-17(13-18(20)15-26)2-1-16-3-6-19(7-4-16)24-9-11-25(12-10-24)29-23-14-21(27)28;1-10-6-7-3-2-4-8(9)5-7;1-2;/h3-8,13,15,23H,1-2,9-12,14H2,(H,27,28);2-5,10H,6H2,1H3;2H,1H3;1H2. The smallest absolute Gasteiger partial charge is 0.318 e. The van der Waals surface area contributed by atoms with Gasteiger partial charge in [-0.2, -0.15) is 26.1 Å². The van der Waals surface area contributed by atoms with Gasteiger partial charge in [0.2, 0.25) is 0 Å². The molecule has 1 aliphatic rings. The van der Waals surface area contributed by atoms with Gasteiger partial charge in [-0.15, -0.1) is 0 Å². The van der Waals surface area contributed by atoms with Crippen LogP contribution in [0.25, 0.3) is 0 Å². The van der Waals surface area contributed by atoms with Crippen molar-refractivity contribution in [2.75, 3.05) is 50.9 Å². The van der Waals surface area contributed by atoms with E-state index in [9.17, 15) is 14.0 Å². The third-order valence-corrected chi connectivity index (χ3v) is 7.25. The average Bonchev–Trinajstić information content (AvgIpc) is 2.99. The number of nitrogens with one attached hydrogen (secondary N) is 2. The summed E-state index contributed by atoms with van der Waals surface area (Å²) in [6, 6.07) is 20.9. The molecule has 0 aliphatic carbocycles. The van der Waals surface area contributed by atoms with E-state index in [-0.39, 0.29) is 25.6 Å². The molecule has 230 valence electrons. The van der Waals surface area contributed by atoms with Gasteiger partial charge in [0.15, 0.2) is 6.29 Å². The minimum absolute atomic E-state index is 0. The predicted octanol–water partition coefficient (Wildman–Crippen LogP) is 5.50. The molecule has 0 spiro atoms. The molecule has 4 rings (SSSR count). The number of aryl methyl sites for hydroxylation is 2. The molecule has 0 saturated carbocycles. The third kappa shape index (κ3) is 13.8. The monoisotopic (exact) mass is 654 g/mol. The number of nitrogens with zero attached hydrogens (tertiary/aromatic N) is 2. The zero-order valence-corrected chi connectivity index (χ0v) is 27.3. The lowest BCUT2D eigenvalue weighted by Crippen LogP contribution is -2.44. The maximum absolute atomic E-state index is 13.4. The highest BCUT2D eigenvalue weighted by molar-refractivity contribution is 7.95. The second-order valence-electron chi connectivity index (χ2n) is 9.02. The summed E-state index contributed by atoms with van der Waals surface area (Å²) in [5.41, 5.74) is 4.63. The number of aldehydes is 1. The molecule has 3 aromatic carbocycles. The van der Waals surface area contributed by atoms with Crippen LogP contribution in [0.15, 0.2) is 66.7 Å². The van der Waals surface area contributed by atoms with Crippen LogP contribution in [-0.2, 0) is 24.2 Å². The number of carbonyl (C=O) groups excluding carboxylic acids is 1. The highest BCUT2D eigenvalue weighted by Crippen LogP contribution is 2.20. The normalized spacial score (nSPS) is 12.6. The number of halogens is 2. The Bertz CT molecular complexity index is 1220. The van der Waals surface area contributed by atoms with Crippen molar-refractivity contribution in [2.24, 2.45) is 0 Å². The molecule has 1 heterocycles. The van der Waals surface area contributed by atoms with Gasteiger partial charge in [0, 0.05) is 55.6 Å². The molecular weight excluding hydrogens is 615 g/mol. The number of carboxylic acids is 1. The number of carbonyl (C=O) groups is 2. The first-order chi connectivity index (χ1) is 19.9. The summed E-state index contributed by atoms with van der Waals surface area (Å²) in [6.07, 6.45) is 3.82. The van der Waals surface area contributed by atoms with Gasteiger partial charge in [-0.25, -0.2) is 13.4 Å². The first kappa shape index (κ1) is 37.8. The first-order valence-corrected chi connectivity index (χ1v) is 15.2. The van der Waals surface area contributed by atoms with Crippen molar-refractivity contribution in [3.8, 4) is 0 Å². The fourth-order valence-electron chi connectivity index (χ4n) is 4.08. The van der Waals surface area contributed by atoms with E-state index < -0.39 is 11.8 Å². The maximum atomic E-state index is 13.4. The number of piperazine rings is 1. The molecule has 3 N–H and O–H groups in total. The summed E-state index contributed by atoms with van der Waals surface area (Å²) in [5, 5.41) is 12.5. The lowest BCUT2D eigenvalue weighted by molar-refractivity contribution is -0.135. The largest absolute Gasteiger partial charge is 0.480 e. The Labute approximate surface area is 270 Å². The van der Waals surface area contributed by atoms with Gasteiger partial charge in [-0.1, -0.05) is 41.9 Å². The summed E-state index contributed by atoms with van der Waals surface area (Å²) >= 11 is 10.6. The molecule has 42 heavy (non-hydrogen) atoms. The van der Waals surface area contributed by atoms with Gasteiger partial charge < -0.3 is 15.3 Å². The Balaban J connectivity index is 0.000000572. The zero-order valence-electron chi connectivity index (χ0n) is 23.9. The van der Waals surface area contributed by atoms with Crippen LogP contribution in [0.1, 0.15) is 27.0 Å². The molecule has 0 atom stereocenters. The van der Waals surface area contributed by atoms with Crippen molar-refractivity contribution in [3.05, 3.63) is 99.8 Å². The van der Waals surface area contributed by atoms with Gasteiger partial charge >= 0.3 is 5.97 Å². The van der Waals surface area contributed by atoms with Crippen LogP contribution in [0.4, 0.5) is 10.1 Å². The fraction of sp³-hybridized carbons (Fsp3) is 0.333. The van der Waals surface area contributed by atoms with Crippen LogP contribution in [0.3, 0.4) is 0 Å². The van der Waals surface area contributed by atoms with Crippen molar-refractivity contribution in [1.82, 2.24) is 14.3 Å². The van der Waals surface area contributed by atoms with Crippen LogP contribution in [0, 0.1) is 5.82 Å². The number of benzene rings is 3. The summed E-state index contributed by atoms with van der Waals surface area (Å²) < 4.78 is 18.4. The molecule has 12 heteroatoms. The molecular formula is C30H40ClFN4O3S3. The van der Waals surface area contributed by atoms with Crippen LogP contribution < -0.4 is 14.9 Å². The van der Waals surface area contributed by atoms with Gasteiger partial charge in [0.05, 0.1) is 5.56 Å². The van der Waals surface area contributed by atoms with Crippen molar-refractivity contribution < 1.29 is 19.1 Å². The lowest BCUT2D eigenvalue weighted by Gasteiger charge is -2.35. The van der Waals surface area contributed by atoms with E-state index in [1.807, 2.05) is 31.3 Å². The number of anilines is 1. The minimum Gasteiger partial charge on any atom is -0.480 e. The molecule has 0 unspecified atom stereocenters. The first-order valence-electron chi connectivity index (χ1n) is 13.2. The van der Waals surface area contributed by atoms with E-state index in [4.69, 9.17) is 16.7 Å². The average molecular weight is 655 g/mol. The number of carboxylic acid groups (broad SMARTS) is 1. The molecule has 1 saturated heterocycles. The van der Waals surface area contributed by atoms with Crippen LogP contribution in [-0.4, -0.2) is 67.7 Å². The molecule has 0 bridgehead atoms. The Morgan fingerprint density at radius 3 is 2.24 bits per heavy atom. The molecule has 7 nitrogen and oxygen atoms in total. The van der Waals surface area contributed by atoms with E-state index in [0.29, 0.717) is 6.29 Å².